The fraction of sp³-hybridized carbons (Fsp3) is 0.478. The average Bonchev–Trinajstić information content (AvgIpc) is 2.68. The Morgan fingerprint density at radius 3 is 2.27 bits per heavy atom. The monoisotopic (exact) mass is 353 g/mol. The minimum absolute atomic E-state index is 0.252. The minimum Gasteiger partial charge on any atom is -0.396 e. The van der Waals surface area contributed by atoms with Crippen molar-refractivity contribution in [2.24, 2.45) is 5.92 Å². The molecule has 3 atom stereocenters. The summed E-state index contributed by atoms with van der Waals surface area (Å²) in [5, 5.41) is 9.52. The molecule has 1 aliphatic heterocycles. The fourth-order valence-corrected chi connectivity index (χ4v) is 4.04. The molecule has 3 heteroatoms. The van der Waals surface area contributed by atoms with Gasteiger partial charge in [0.1, 0.15) is 0 Å². The van der Waals surface area contributed by atoms with Crippen LogP contribution in [0.15, 0.2) is 60.7 Å². The molecule has 1 fully saturated rings. The van der Waals surface area contributed by atoms with Crippen molar-refractivity contribution in [3.63, 3.8) is 0 Å². The second-order valence-electron chi connectivity index (χ2n) is 7.45. The zero-order valence-electron chi connectivity index (χ0n) is 15.8. The van der Waals surface area contributed by atoms with Crippen LogP contribution in [0.5, 0.6) is 0 Å². The summed E-state index contributed by atoms with van der Waals surface area (Å²) < 4.78 is 6.12. The van der Waals surface area contributed by atoms with Gasteiger partial charge in [-0.1, -0.05) is 67.6 Å². The smallest absolute Gasteiger partial charge is 0.0717 e. The minimum atomic E-state index is 0.252. The molecule has 26 heavy (non-hydrogen) atoms. The molecule has 0 radical (unpaired) electrons. The van der Waals surface area contributed by atoms with Gasteiger partial charge in [0.2, 0.25) is 0 Å². The molecule has 3 nitrogen and oxygen atoms in total. The predicted octanol–water partition coefficient (Wildman–Crippen LogP) is 4.25. The Hall–Kier alpha value is -1.68. The third-order valence-corrected chi connectivity index (χ3v) is 5.58. The predicted molar refractivity (Wildman–Crippen MR) is 106 cm³/mol. The van der Waals surface area contributed by atoms with Gasteiger partial charge in [-0.05, 0) is 36.3 Å². The highest BCUT2D eigenvalue weighted by molar-refractivity contribution is 5.15. The van der Waals surface area contributed by atoms with Crippen molar-refractivity contribution in [2.75, 3.05) is 13.2 Å². The second-order valence-corrected chi connectivity index (χ2v) is 7.45. The molecule has 0 aliphatic carbocycles. The first kappa shape index (κ1) is 19.1. The van der Waals surface area contributed by atoms with Gasteiger partial charge < -0.3 is 9.84 Å². The van der Waals surface area contributed by atoms with Crippen molar-refractivity contribution in [3.8, 4) is 0 Å². The number of aliphatic hydroxyl groups excluding tert-OH is 1. The first-order chi connectivity index (χ1) is 12.8. The van der Waals surface area contributed by atoms with E-state index in [0.717, 1.165) is 26.0 Å². The van der Waals surface area contributed by atoms with Crippen LogP contribution in [0, 0.1) is 5.92 Å². The van der Waals surface area contributed by atoms with Crippen LogP contribution in [0.1, 0.15) is 37.3 Å². The number of nitrogens with zero attached hydrogens (tertiary/aromatic N) is 1. The Bertz CT molecular complexity index is 631. The quantitative estimate of drug-likeness (QED) is 0.770. The Morgan fingerprint density at radius 2 is 1.62 bits per heavy atom. The van der Waals surface area contributed by atoms with E-state index in [1.807, 2.05) is 6.07 Å². The molecule has 0 spiro atoms. The molecule has 0 amide bonds. The lowest BCUT2D eigenvalue weighted by Crippen LogP contribution is -2.52. The van der Waals surface area contributed by atoms with E-state index in [1.165, 1.54) is 17.5 Å². The molecular formula is C23H31NO2. The highest BCUT2D eigenvalue weighted by Crippen LogP contribution is 2.31. The third-order valence-electron chi connectivity index (χ3n) is 5.58. The maximum Gasteiger partial charge on any atom is 0.0717 e. The zero-order chi connectivity index (χ0) is 18.2. The molecular weight excluding hydrogens is 322 g/mol. The molecule has 1 heterocycles. The van der Waals surface area contributed by atoms with Gasteiger partial charge in [-0.25, -0.2) is 0 Å². The van der Waals surface area contributed by atoms with Crippen molar-refractivity contribution >= 4 is 0 Å². The van der Waals surface area contributed by atoms with E-state index in [0.29, 0.717) is 24.6 Å². The number of piperidine rings is 1. The lowest BCUT2D eigenvalue weighted by molar-refractivity contribution is -0.0301. The molecule has 2 unspecified atom stereocenters. The summed E-state index contributed by atoms with van der Waals surface area (Å²) in [4.78, 5) is 2.57. The van der Waals surface area contributed by atoms with Crippen molar-refractivity contribution in [2.45, 2.75) is 51.4 Å². The molecule has 1 aliphatic rings. The maximum absolute atomic E-state index is 9.52. The van der Waals surface area contributed by atoms with Crippen molar-refractivity contribution < 1.29 is 9.84 Å². The van der Waals surface area contributed by atoms with Gasteiger partial charge in [-0.3, -0.25) is 4.90 Å². The largest absolute Gasteiger partial charge is 0.396 e. The number of aliphatic hydroxyl groups is 1. The molecule has 1 saturated heterocycles. The number of rotatable bonds is 8. The number of likely N-dealkylation sites (tertiary alicyclic amines) is 1. The van der Waals surface area contributed by atoms with Gasteiger partial charge >= 0.3 is 0 Å². The van der Waals surface area contributed by atoms with E-state index in [-0.39, 0.29) is 6.61 Å². The summed E-state index contributed by atoms with van der Waals surface area (Å²) in [5.74, 6) is 0.601. The SMILES string of the molecule is CC1CC[C@H](CCO)N(Cc2ccccc2)C1COCc1ccccc1. The number of benzene rings is 2. The lowest BCUT2D eigenvalue weighted by Gasteiger charge is -2.45. The average molecular weight is 354 g/mol. The maximum atomic E-state index is 9.52. The molecule has 0 aromatic heterocycles. The first-order valence-electron chi connectivity index (χ1n) is 9.80. The highest BCUT2D eigenvalue weighted by atomic mass is 16.5. The highest BCUT2D eigenvalue weighted by Gasteiger charge is 2.34. The van der Waals surface area contributed by atoms with Crippen molar-refractivity contribution in [1.29, 1.82) is 0 Å². The van der Waals surface area contributed by atoms with Crippen LogP contribution in [0.25, 0.3) is 0 Å². The van der Waals surface area contributed by atoms with Crippen LogP contribution in [0.3, 0.4) is 0 Å². The normalized spacial score (nSPS) is 23.8. The van der Waals surface area contributed by atoms with Crippen LogP contribution < -0.4 is 0 Å². The van der Waals surface area contributed by atoms with Crippen LogP contribution in [0.2, 0.25) is 0 Å². The summed E-state index contributed by atoms with van der Waals surface area (Å²) in [6.07, 6.45) is 3.20. The van der Waals surface area contributed by atoms with Gasteiger partial charge in [-0.15, -0.1) is 0 Å². The summed E-state index contributed by atoms with van der Waals surface area (Å²) in [6, 6.07) is 21.8. The molecule has 140 valence electrons. The Balaban J connectivity index is 1.67. The molecule has 0 saturated carbocycles. The van der Waals surface area contributed by atoms with Crippen molar-refractivity contribution in [1.82, 2.24) is 4.90 Å². The summed E-state index contributed by atoms with van der Waals surface area (Å²) in [5.41, 5.74) is 2.55. The molecule has 3 rings (SSSR count). The van der Waals surface area contributed by atoms with Crippen LogP contribution in [-0.2, 0) is 17.9 Å². The molecule has 2 aromatic rings. The molecule has 2 aromatic carbocycles. The summed E-state index contributed by atoms with van der Waals surface area (Å²) in [6.45, 7) is 4.92. The lowest BCUT2D eigenvalue weighted by atomic mass is 9.85. The Morgan fingerprint density at radius 1 is 0.962 bits per heavy atom. The number of hydrogen-bond donors (Lipinski definition) is 1. The molecule has 1 N–H and O–H groups in total. The van der Waals surface area contributed by atoms with E-state index in [2.05, 4.69) is 66.4 Å². The van der Waals surface area contributed by atoms with Crippen LogP contribution >= 0.6 is 0 Å². The second kappa shape index (κ2) is 9.86. The van der Waals surface area contributed by atoms with E-state index in [4.69, 9.17) is 4.74 Å². The first-order valence-corrected chi connectivity index (χ1v) is 9.80. The van der Waals surface area contributed by atoms with Gasteiger partial charge in [0.25, 0.3) is 0 Å². The number of hydrogen-bond acceptors (Lipinski definition) is 3. The number of ether oxygens (including phenoxy) is 1. The Labute approximate surface area is 157 Å². The van der Waals surface area contributed by atoms with E-state index in [1.54, 1.807) is 0 Å². The van der Waals surface area contributed by atoms with Gasteiger partial charge in [-0.2, -0.15) is 0 Å². The topological polar surface area (TPSA) is 32.7 Å². The fourth-order valence-electron chi connectivity index (χ4n) is 4.04. The van der Waals surface area contributed by atoms with E-state index in [9.17, 15) is 5.11 Å². The Kier molecular flexibility index (Phi) is 7.24. The van der Waals surface area contributed by atoms with Gasteiger partial charge in [0, 0.05) is 25.2 Å². The zero-order valence-corrected chi connectivity index (χ0v) is 15.8. The molecule has 0 bridgehead atoms. The van der Waals surface area contributed by atoms with Gasteiger partial charge in [0.15, 0.2) is 0 Å². The standard InChI is InChI=1S/C23H31NO2/c1-19-12-13-22(14-15-25)24(16-20-8-4-2-5-9-20)23(19)18-26-17-21-10-6-3-7-11-21/h2-11,19,22-23,25H,12-18H2,1H3/t19?,22-,23?/m1/s1. The van der Waals surface area contributed by atoms with Gasteiger partial charge in [0.05, 0.1) is 13.2 Å². The summed E-state index contributed by atoms with van der Waals surface area (Å²) in [7, 11) is 0. The van der Waals surface area contributed by atoms with E-state index < -0.39 is 0 Å². The van der Waals surface area contributed by atoms with Crippen molar-refractivity contribution in [3.05, 3.63) is 71.8 Å². The summed E-state index contributed by atoms with van der Waals surface area (Å²) >= 11 is 0. The van der Waals surface area contributed by atoms with Crippen LogP contribution in [-0.4, -0.2) is 35.3 Å². The third kappa shape index (κ3) is 5.16. The van der Waals surface area contributed by atoms with Crippen LogP contribution in [0.4, 0.5) is 0 Å². The van der Waals surface area contributed by atoms with E-state index >= 15 is 0 Å².